The Morgan fingerprint density at radius 3 is 2.82 bits per heavy atom. The molecule has 0 saturated heterocycles. The van der Waals surface area contributed by atoms with Gasteiger partial charge in [0.05, 0.1) is 11.2 Å². The minimum Gasteiger partial charge on any atom is -0.320 e. The molecule has 0 unspecified atom stereocenters. The molecule has 0 atom stereocenters. The third-order valence-electron chi connectivity index (χ3n) is 2.89. The van der Waals surface area contributed by atoms with Crippen LogP contribution in [0, 0.1) is 6.92 Å². The largest absolute Gasteiger partial charge is 0.320 e. The molecular formula is C14H11ClN2. The zero-order chi connectivity index (χ0) is 11.8. The van der Waals surface area contributed by atoms with E-state index in [1.807, 2.05) is 36.5 Å². The van der Waals surface area contributed by atoms with Gasteiger partial charge in [-0.05, 0) is 43.3 Å². The van der Waals surface area contributed by atoms with Crippen LogP contribution in [-0.2, 0) is 0 Å². The molecule has 2 heterocycles. The van der Waals surface area contributed by atoms with Crippen LogP contribution in [0.4, 0.5) is 0 Å². The van der Waals surface area contributed by atoms with Gasteiger partial charge in [0.1, 0.15) is 0 Å². The SMILES string of the molecule is Cc1cccn1-c1ccnc2cc(Cl)ccc12. The van der Waals surface area contributed by atoms with E-state index in [1.165, 1.54) is 5.69 Å². The molecule has 2 aromatic heterocycles. The average Bonchev–Trinajstić information content (AvgIpc) is 2.74. The van der Waals surface area contributed by atoms with Crippen LogP contribution in [-0.4, -0.2) is 9.55 Å². The average molecular weight is 243 g/mol. The quantitative estimate of drug-likeness (QED) is 0.631. The second kappa shape index (κ2) is 3.90. The number of hydrogen-bond acceptors (Lipinski definition) is 1. The summed E-state index contributed by atoms with van der Waals surface area (Å²) in [6.45, 7) is 2.09. The van der Waals surface area contributed by atoms with E-state index < -0.39 is 0 Å². The van der Waals surface area contributed by atoms with Crippen molar-refractivity contribution in [3.8, 4) is 5.69 Å². The van der Waals surface area contributed by atoms with Crippen molar-refractivity contribution in [3.63, 3.8) is 0 Å². The first-order chi connectivity index (χ1) is 8.25. The van der Waals surface area contributed by atoms with Crippen molar-refractivity contribution in [3.05, 3.63) is 59.5 Å². The van der Waals surface area contributed by atoms with Gasteiger partial charge in [-0.2, -0.15) is 0 Å². The van der Waals surface area contributed by atoms with E-state index in [2.05, 4.69) is 28.7 Å². The minimum atomic E-state index is 0.714. The molecule has 0 aliphatic heterocycles. The predicted octanol–water partition coefficient (Wildman–Crippen LogP) is 3.99. The highest BCUT2D eigenvalue weighted by atomic mass is 35.5. The molecule has 17 heavy (non-hydrogen) atoms. The van der Waals surface area contributed by atoms with Crippen LogP contribution in [0.25, 0.3) is 16.6 Å². The summed E-state index contributed by atoms with van der Waals surface area (Å²) in [5.41, 5.74) is 3.25. The van der Waals surface area contributed by atoms with Crippen LogP contribution >= 0.6 is 11.6 Å². The molecule has 3 aromatic rings. The lowest BCUT2D eigenvalue weighted by molar-refractivity contribution is 1.02. The molecule has 1 aromatic carbocycles. The van der Waals surface area contributed by atoms with Crippen LogP contribution in [0.1, 0.15) is 5.69 Å². The number of aryl methyl sites for hydroxylation is 1. The van der Waals surface area contributed by atoms with E-state index in [1.54, 1.807) is 0 Å². The smallest absolute Gasteiger partial charge is 0.0737 e. The molecule has 0 N–H and O–H groups in total. The Morgan fingerprint density at radius 2 is 2.06 bits per heavy atom. The van der Waals surface area contributed by atoms with Gasteiger partial charge in [-0.1, -0.05) is 11.6 Å². The standard InChI is InChI=1S/C14H11ClN2/c1-10-3-2-8-17(10)14-6-7-16-13-9-11(15)4-5-12(13)14/h2-9H,1H3. The van der Waals surface area contributed by atoms with E-state index in [0.29, 0.717) is 5.02 Å². The third-order valence-corrected chi connectivity index (χ3v) is 3.13. The van der Waals surface area contributed by atoms with Crippen molar-refractivity contribution in [1.82, 2.24) is 9.55 Å². The molecule has 3 rings (SSSR count). The molecule has 0 spiro atoms. The first-order valence-electron chi connectivity index (χ1n) is 5.44. The molecule has 0 radical (unpaired) electrons. The van der Waals surface area contributed by atoms with Crippen LogP contribution < -0.4 is 0 Å². The van der Waals surface area contributed by atoms with Gasteiger partial charge in [-0.15, -0.1) is 0 Å². The summed E-state index contributed by atoms with van der Waals surface area (Å²) >= 11 is 5.98. The van der Waals surface area contributed by atoms with Gasteiger partial charge >= 0.3 is 0 Å². The maximum absolute atomic E-state index is 5.98. The molecule has 0 fully saturated rings. The fourth-order valence-electron chi connectivity index (χ4n) is 2.05. The summed E-state index contributed by atoms with van der Waals surface area (Å²) < 4.78 is 2.15. The molecule has 0 aliphatic carbocycles. The van der Waals surface area contributed by atoms with Gasteiger partial charge in [-0.25, -0.2) is 0 Å². The zero-order valence-corrected chi connectivity index (χ0v) is 10.1. The Kier molecular flexibility index (Phi) is 2.37. The number of hydrogen-bond donors (Lipinski definition) is 0. The molecule has 0 aliphatic rings. The highest BCUT2D eigenvalue weighted by Gasteiger charge is 2.05. The Labute approximate surface area is 104 Å². The second-order valence-electron chi connectivity index (χ2n) is 4.01. The summed E-state index contributed by atoms with van der Waals surface area (Å²) in [6, 6.07) is 11.9. The molecule has 84 valence electrons. The molecule has 3 heteroatoms. The molecule has 0 amide bonds. The molecule has 0 saturated carbocycles. The fourth-order valence-corrected chi connectivity index (χ4v) is 2.22. The number of nitrogens with zero attached hydrogens (tertiary/aromatic N) is 2. The summed E-state index contributed by atoms with van der Waals surface area (Å²) in [7, 11) is 0. The maximum atomic E-state index is 5.98. The first-order valence-corrected chi connectivity index (χ1v) is 5.82. The van der Waals surface area contributed by atoms with E-state index >= 15 is 0 Å². The van der Waals surface area contributed by atoms with Crippen molar-refractivity contribution in [2.75, 3.05) is 0 Å². The van der Waals surface area contributed by atoms with E-state index in [9.17, 15) is 0 Å². The van der Waals surface area contributed by atoms with Gasteiger partial charge in [0.25, 0.3) is 0 Å². The van der Waals surface area contributed by atoms with Gasteiger partial charge in [0.15, 0.2) is 0 Å². The number of benzene rings is 1. The fraction of sp³-hybridized carbons (Fsp3) is 0.0714. The maximum Gasteiger partial charge on any atom is 0.0737 e. The van der Waals surface area contributed by atoms with Gasteiger partial charge in [0.2, 0.25) is 0 Å². The molecule has 0 bridgehead atoms. The highest BCUT2D eigenvalue weighted by Crippen LogP contribution is 2.24. The van der Waals surface area contributed by atoms with Crippen molar-refractivity contribution >= 4 is 22.5 Å². The lowest BCUT2D eigenvalue weighted by Gasteiger charge is -2.09. The monoisotopic (exact) mass is 242 g/mol. The zero-order valence-electron chi connectivity index (χ0n) is 9.39. The van der Waals surface area contributed by atoms with Gasteiger partial charge in [0, 0.05) is 28.5 Å². The number of pyridine rings is 1. The van der Waals surface area contributed by atoms with Crippen LogP contribution in [0.5, 0.6) is 0 Å². The normalized spacial score (nSPS) is 10.9. The Morgan fingerprint density at radius 1 is 1.18 bits per heavy atom. The predicted molar refractivity (Wildman–Crippen MR) is 70.8 cm³/mol. The Balaban J connectivity index is 2.34. The summed E-state index contributed by atoms with van der Waals surface area (Å²) in [4.78, 5) is 4.34. The lowest BCUT2D eigenvalue weighted by atomic mass is 10.2. The van der Waals surface area contributed by atoms with E-state index in [0.717, 1.165) is 16.6 Å². The molecule has 2 nitrogen and oxygen atoms in total. The number of halogens is 1. The lowest BCUT2D eigenvalue weighted by Crippen LogP contribution is -1.96. The van der Waals surface area contributed by atoms with Crippen molar-refractivity contribution in [2.45, 2.75) is 6.92 Å². The number of fused-ring (bicyclic) bond motifs is 1. The second-order valence-corrected chi connectivity index (χ2v) is 4.45. The minimum absolute atomic E-state index is 0.714. The van der Waals surface area contributed by atoms with Gasteiger partial charge in [-0.3, -0.25) is 4.98 Å². The van der Waals surface area contributed by atoms with Crippen molar-refractivity contribution in [1.29, 1.82) is 0 Å². The van der Waals surface area contributed by atoms with Gasteiger partial charge < -0.3 is 4.57 Å². The highest BCUT2D eigenvalue weighted by molar-refractivity contribution is 6.31. The summed E-state index contributed by atoms with van der Waals surface area (Å²) in [6.07, 6.45) is 3.87. The third kappa shape index (κ3) is 1.71. The topological polar surface area (TPSA) is 17.8 Å². The molecular weight excluding hydrogens is 232 g/mol. The Hall–Kier alpha value is -1.80. The van der Waals surface area contributed by atoms with Crippen molar-refractivity contribution < 1.29 is 0 Å². The van der Waals surface area contributed by atoms with Crippen LogP contribution in [0.15, 0.2) is 48.8 Å². The van der Waals surface area contributed by atoms with Crippen molar-refractivity contribution in [2.24, 2.45) is 0 Å². The first kappa shape index (κ1) is 10.4. The summed E-state index contributed by atoms with van der Waals surface area (Å²) in [5.74, 6) is 0. The van der Waals surface area contributed by atoms with E-state index in [-0.39, 0.29) is 0 Å². The Bertz CT molecular complexity index is 686. The van der Waals surface area contributed by atoms with E-state index in [4.69, 9.17) is 11.6 Å². The number of rotatable bonds is 1. The van der Waals surface area contributed by atoms with Crippen LogP contribution in [0.3, 0.4) is 0 Å². The number of aromatic nitrogens is 2. The summed E-state index contributed by atoms with van der Waals surface area (Å²) in [5, 5.41) is 1.82. The van der Waals surface area contributed by atoms with Crippen LogP contribution in [0.2, 0.25) is 5.02 Å².